The lowest BCUT2D eigenvalue weighted by Crippen LogP contribution is -2.36. The first-order valence-corrected chi connectivity index (χ1v) is 8.47. The molecule has 2 aromatic rings. The molecule has 0 heterocycles. The van der Waals surface area contributed by atoms with Gasteiger partial charge >= 0.3 is 0 Å². The van der Waals surface area contributed by atoms with Gasteiger partial charge in [0.2, 0.25) is 0 Å². The summed E-state index contributed by atoms with van der Waals surface area (Å²) in [6.07, 6.45) is 1.93. The third-order valence-electron chi connectivity index (χ3n) is 4.24. The zero-order chi connectivity index (χ0) is 16.8. The van der Waals surface area contributed by atoms with E-state index < -0.39 is 6.10 Å². The van der Waals surface area contributed by atoms with Crippen LogP contribution in [0.4, 0.5) is 0 Å². The second kappa shape index (κ2) is 8.18. The Hall–Kier alpha value is -2.04. The number of benzene rings is 2. The second-order valence-electron chi connectivity index (χ2n) is 6.29. The van der Waals surface area contributed by atoms with Crippen LogP contribution in [0.5, 0.6) is 11.5 Å². The Morgan fingerprint density at radius 2 is 1.75 bits per heavy atom. The highest BCUT2D eigenvalue weighted by Gasteiger charge is 2.30. The lowest BCUT2D eigenvalue weighted by Gasteiger charge is -2.25. The molecular formula is C20H25NO3. The molecule has 24 heavy (non-hydrogen) atoms. The van der Waals surface area contributed by atoms with Gasteiger partial charge in [-0.25, -0.2) is 0 Å². The van der Waals surface area contributed by atoms with Crippen LogP contribution in [-0.2, 0) is 6.54 Å². The molecular weight excluding hydrogens is 302 g/mol. The molecule has 0 amide bonds. The number of aliphatic hydroxyl groups is 1. The van der Waals surface area contributed by atoms with E-state index in [0.717, 1.165) is 18.0 Å². The summed E-state index contributed by atoms with van der Waals surface area (Å²) in [6.45, 7) is 1.79. The van der Waals surface area contributed by atoms with Crippen molar-refractivity contribution in [2.75, 3.05) is 20.3 Å². The van der Waals surface area contributed by atoms with Crippen molar-refractivity contribution in [2.24, 2.45) is 0 Å². The van der Waals surface area contributed by atoms with Gasteiger partial charge in [-0.15, -0.1) is 0 Å². The van der Waals surface area contributed by atoms with E-state index in [1.54, 1.807) is 7.11 Å². The number of para-hydroxylation sites is 1. The van der Waals surface area contributed by atoms with Gasteiger partial charge in [-0.05, 0) is 42.7 Å². The maximum Gasteiger partial charge on any atom is 0.119 e. The van der Waals surface area contributed by atoms with Crippen molar-refractivity contribution in [1.29, 1.82) is 0 Å². The van der Waals surface area contributed by atoms with Crippen LogP contribution in [0.3, 0.4) is 0 Å². The summed E-state index contributed by atoms with van der Waals surface area (Å²) in [5, 5.41) is 10.3. The van der Waals surface area contributed by atoms with E-state index >= 15 is 0 Å². The van der Waals surface area contributed by atoms with E-state index in [2.05, 4.69) is 17.0 Å². The fraction of sp³-hybridized carbons (Fsp3) is 0.400. The number of rotatable bonds is 9. The molecule has 3 rings (SSSR count). The van der Waals surface area contributed by atoms with Crippen molar-refractivity contribution in [3.8, 4) is 11.5 Å². The van der Waals surface area contributed by atoms with Crippen LogP contribution < -0.4 is 9.47 Å². The van der Waals surface area contributed by atoms with Gasteiger partial charge in [-0.3, -0.25) is 4.90 Å². The van der Waals surface area contributed by atoms with Gasteiger partial charge in [0.15, 0.2) is 0 Å². The molecule has 1 aliphatic rings. The van der Waals surface area contributed by atoms with Crippen molar-refractivity contribution in [2.45, 2.75) is 31.5 Å². The summed E-state index contributed by atoms with van der Waals surface area (Å²) in [6, 6.07) is 18.3. The molecule has 0 radical (unpaired) electrons. The summed E-state index contributed by atoms with van der Waals surface area (Å²) in [7, 11) is 1.68. The smallest absolute Gasteiger partial charge is 0.119 e. The minimum atomic E-state index is -0.496. The van der Waals surface area contributed by atoms with Gasteiger partial charge in [-0.1, -0.05) is 30.3 Å². The third kappa shape index (κ3) is 4.98. The van der Waals surface area contributed by atoms with Crippen LogP contribution >= 0.6 is 0 Å². The van der Waals surface area contributed by atoms with E-state index in [-0.39, 0.29) is 0 Å². The molecule has 1 saturated carbocycles. The van der Waals surface area contributed by atoms with Crippen molar-refractivity contribution in [3.63, 3.8) is 0 Å². The van der Waals surface area contributed by atoms with E-state index in [4.69, 9.17) is 9.47 Å². The molecule has 1 N–H and O–H groups in total. The lowest BCUT2D eigenvalue weighted by atomic mass is 10.2. The Kier molecular flexibility index (Phi) is 5.72. The topological polar surface area (TPSA) is 41.9 Å². The minimum Gasteiger partial charge on any atom is -0.497 e. The number of aliphatic hydroxyl groups excluding tert-OH is 1. The van der Waals surface area contributed by atoms with Crippen molar-refractivity contribution >= 4 is 0 Å². The van der Waals surface area contributed by atoms with Crippen molar-refractivity contribution in [3.05, 3.63) is 60.2 Å². The maximum absolute atomic E-state index is 10.3. The molecule has 2 aromatic carbocycles. The maximum atomic E-state index is 10.3. The number of methoxy groups -OCH3 is 1. The van der Waals surface area contributed by atoms with Crippen LogP contribution in [0.15, 0.2) is 54.6 Å². The fourth-order valence-corrected chi connectivity index (χ4v) is 2.78. The molecule has 0 aliphatic heterocycles. The first-order chi connectivity index (χ1) is 11.7. The number of ether oxygens (including phenoxy) is 2. The summed E-state index contributed by atoms with van der Waals surface area (Å²) in [5.41, 5.74) is 1.24. The predicted octanol–water partition coefficient (Wildman–Crippen LogP) is 3.10. The van der Waals surface area contributed by atoms with Gasteiger partial charge in [0.05, 0.1) is 7.11 Å². The monoisotopic (exact) mass is 327 g/mol. The third-order valence-corrected chi connectivity index (χ3v) is 4.24. The molecule has 4 heteroatoms. The van der Waals surface area contributed by atoms with Crippen molar-refractivity contribution < 1.29 is 14.6 Å². The molecule has 1 aliphatic carbocycles. The predicted molar refractivity (Wildman–Crippen MR) is 94.4 cm³/mol. The second-order valence-corrected chi connectivity index (χ2v) is 6.29. The zero-order valence-corrected chi connectivity index (χ0v) is 14.1. The highest BCUT2D eigenvalue weighted by atomic mass is 16.5. The van der Waals surface area contributed by atoms with Gasteiger partial charge < -0.3 is 14.6 Å². The molecule has 0 aromatic heterocycles. The molecule has 4 nitrogen and oxygen atoms in total. The van der Waals surface area contributed by atoms with Crippen LogP contribution in [-0.4, -0.2) is 42.4 Å². The average Bonchev–Trinajstić information content (AvgIpc) is 3.46. The quantitative estimate of drug-likeness (QED) is 0.768. The highest BCUT2D eigenvalue weighted by Crippen LogP contribution is 2.28. The lowest BCUT2D eigenvalue weighted by molar-refractivity contribution is 0.0626. The van der Waals surface area contributed by atoms with Gasteiger partial charge in [0.25, 0.3) is 0 Å². The molecule has 0 spiro atoms. The normalized spacial score (nSPS) is 15.3. The molecule has 1 atom stereocenters. The van der Waals surface area contributed by atoms with E-state index in [1.165, 1.54) is 18.4 Å². The fourth-order valence-electron chi connectivity index (χ4n) is 2.78. The Morgan fingerprint density at radius 1 is 1.04 bits per heavy atom. The van der Waals surface area contributed by atoms with Gasteiger partial charge in [-0.2, -0.15) is 0 Å². The first kappa shape index (κ1) is 16.8. The van der Waals surface area contributed by atoms with Gasteiger partial charge in [0.1, 0.15) is 24.2 Å². The number of hydrogen-bond acceptors (Lipinski definition) is 4. The highest BCUT2D eigenvalue weighted by molar-refractivity contribution is 5.27. The summed E-state index contributed by atoms with van der Waals surface area (Å²) in [4.78, 5) is 2.35. The zero-order valence-electron chi connectivity index (χ0n) is 14.1. The van der Waals surface area contributed by atoms with Crippen LogP contribution in [0, 0.1) is 0 Å². The standard InChI is InChI=1S/C20H25NO3/c1-23-19-11-7-16(8-12-19)13-21(17-9-10-17)14-18(22)15-24-20-5-3-2-4-6-20/h2-8,11-12,17-18,22H,9-10,13-15H2,1H3. The molecule has 0 saturated heterocycles. The van der Waals surface area contributed by atoms with E-state index in [0.29, 0.717) is 19.2 Å². The Balaban J connectivity index is 1.51. The molecule has 128 valence electrons. The SMILES string of the molecule is COc1ccc(CN(CC(O)COc2ccccc2)C2CC2)cc1. The van der Waals surface area contributed by atoms with Crippen LogP contribution in [0.25, 0.3) is 0 Å². The van der Waals surface area contributed by atoms with Crippen LogP contribution in [0.1, 0.15) is 18.4 Å². The average molecular weight is 327 g/mol. The van der Waals surface area contributed by atoms with Crippen molar-refractivity contribution in [1.82, 2.24) is 4.90 Å². The Morgan fingerprint density at radius 3 is 2.38 bits per heavy atom. The number of nitrogens with zero attached hydrogens (tertiary/aromatic N) is 1. The summed E-state index contributed by atoms with van der Waals surface area (Å²) >= 11 is 0. The first-order valence-electron chi connectivity index (χ1n) is 8.47. The Labute approximate surface area is 143 Å². The Bertz CT molecular complexity index is 611. The van der Waals surface area contributed by atoms with Crippen LogP contribution in [0.2, 0.25) is 0 Å². The minimum absolute atomic E-state index is 0.315. The summed E-state index contributed by atoms with van der Waals surface area (Å²) < 4.78 is 10.9. The molecule has 1 unspecified atom stereocenters. The number of hydrogen-bond donors (Lipinski definition) is 1. The largest absolute Gasteiger partial charge is 0.497 e. The van der Waals surface area contributed by atoms with E-state index in [9.17, 15) is 5.11 Å². The summed E-state index contributed by atoms with van der Waals surface area (Å²) in [5.74, 6) is 1.66. The van der Waals surface area contributed by atoms with Gasteiger partial charge in [0, 0.05) is 19.1 Å². The molecule has 0 bridgehead atoms. The van der Waals surface area contributed by atoms with E-state index in [1.807, 2.05) is 42.5 Å². The molecule has 1 fully saturated rings.